The number of hydrogen-bond acceptors (Lipinski definition) is 5. The summed E-state index contributed by atoms with van der Waals surface area (Å²) in [5.74, 6) is -0.791. The van der Waals surface area contributed by atoms with Crippen LogP contribution in [0, 0.1) is 0 Å². The first-order valence-corrected chi connectivity index (χ1v) is 10.7. The van der Waals surface area contributed by atoms with E-state index >= 15 is 0 Å². The number of carbonyl (C=O) groups is 2. The van der Waals surface area contributed by atoms with Crippen LogP contribution >= 0.6 is 0 Å². The number of carbonyl (C=O) groups excluding carboxylic acids is 2. The minimum absolute atomic E-state index is 0.0101. The first-order valence-electron chi connectivity index (χ1n) is 9.18. The highest BCUT2D eigenvalue weighted by molar-refractivity contribution is 7.90. The number of amides is 1. The molecule has 1 aromatic rings. The van der Waals surface area contributed by atoms with Crippen molar-refractivity contribution in [2.45, 2.75) is 50.3 Å². The number of halogens is 3. The Hall–Kier alpha value is -2.14. The molecule has 0 radical (unpaired) electrons. The lowest BCUT2D eigenvalue weighted by atomic mass is 10.2. The van der Waals surface area contributed by atoms with Crippen molar-refractivity contribution < 1.29 is 35.9 Å². The molecule has 1 fully saturated rings. The van der Waals surface area contributed by atoms with Gasteiger partial charge in [0, 0.05) is 19.5 Å². The number of rotatable bonds is 9. The van der Waals surface area contributed by atoms with Gasteiger partial charge in [0.15, 0.2) is 0 Å². The topological polar surface area (TPSA) is 92.8 Å². The molecule has 1 aliphatic heterocycles. The van der Waals surface area contributed by atoms with Crippen molar-refractivity contribution in [3.63, 3.8) is 0 Å². The number of nitrogens with zero attached hydrogens (tertiary/aromatic N) is 1. The molecule has 0 aromatic heterocycles. The van der Waals surface area contributed by atoms with Gasteiger partial charge in [0.25, 0.3) is 0 Å². The van der Waals surface area contributed by atoms with E-state index in [0.29, 0.717) is 19.4 Å². The summed E-state index contributed by atoms with van der Waals surface area (Å²) in [6.07, 6.45) is 1.42. The average Bonchev–Trinajstić information content (AvgIpc) is 3.15. The van der Waals surface area contributed by atoms with E-state index in [9.17, 15) is 31.2 Å². The Morgan fingerprint density at radius 2 is 1.86 bits per heavy atom. The number of hydrogen-bond donors (Lipinski definition) is 1. The number of nitrogens with one attached hydrogen (secondary N) is 1. The second-order valence-electron chi connectivity index (χ2n) is 6.64. The largest absolute Gasteiger partial charge is 0.511 e. The van der Waals surface area contributed by atoms with Crippen LogP contribution < -0.4 is 4.72 Å². The molecular weight excluding hydrogens is 413 g/mol. The minimum atomic E-state index is -5.37. The third kappa shape index (κ3) is 6.70. The molecule has 1 atom stereocenters. The van der Waals surface area contributed by atoms with Crippen molar-refractivity contribution in [2.24, 2.45) is 0 Å². The Balaban J connectivity index is 1.74. The van der Waals surface area contributed by atoms with E-state index in [2.05, 4.69) is 0 Å². The summed E-state index contributed by atoms with van der Waals surface area (Å²) in [6.45, 7) is 0.0971. The first kappa shape index (κ1) is 23.1. The van der Waals surface area contributed by atoms with E-state index in [0.717, 1.165) is 5.56 Å². The Morgan fingerprint density at radius 3 is 2.52 bits per heavy atom. The van der Waals surface area contributed by atoms with Gasteiger partial charge < -0.3 is 9.64 Å². The zero-order chi connectivity index (χ0) is 21.5. The molecule has 0 saturated carbocycles. The SMILES string of the molecule is O=C(OCc1ccccc1)[C@H]1CCCN1C(=O)CCCCNS(=O)(=O)C(F)(F)F. The average molecular weight is 436 g/mol. The molecule has 11 heteroatoms. The van der Waals surface area contributed by atoms with Gasteiger partial charge in [-0.1, -0.05) is 30.3 Å². The van der Waals surface area contributed by atoms with Crippen LogP contribution in [0.2, 0.25) is 0 Å². The number of ether oxygens (including phenoxy) is 1. The number of likely N-dealkylation sites (tertiary alicyclic amines) is 1. The van der Waals surface area contributed by atoms with Crippen LogP contribution in [-0.4, -0.2) is 49.8 Å². The van der Waals surface area contributed by atoms with E-state index in [1.165, 1.54) is 9.62 Å². The number of alkyl halides is 3. The monoisotopic (exact) mass is 436 g/mol. The fraction of sp³-hybridized carbons (Fsp3) is 0.556. The molecule has 1 amide bonds. The quantitative estimate of drug-likeness (QED) is 0.474. The van der Waals surface area contributed by atoms with Crippen LogP contribution in [0.25, 0.3) is 0 Å². The second-order valence-corrected chi connectivity index (χ2v) is 8.40. The predicted molar refractivity (Wildman–Crippen MR) is 97.8 cm³/mol. The van der Waals surface area contributed by atoms with Crippen LogP contribution in [0.1, 0.15) is 37.7 Å². The molecule has 7 nitrogen and oxygen atoms in total. The van der Waals surface area contributed by atoms with Crippen molar-refractivity contribution in [3.8, 4) is 0 Å². The minimum Gasteiger partial charge on any atom is -0.459 e. The van der Waals surface area contributed by atoms with Gasteiger partial charge in [0.05, 0.1) is 0 Å². The van der Waals surface area contributed by atoms with Gasteiger partial charge in [-0.15, -0.1) is 0 Å². The molecule has 1 N–H and O–H groups in total. The Labute approximate surface area is 167 Å². The third-order valence-electron chi connectivity index (χ3n) is 4.48. The summed E-state index contributed by atoms with van der Waals surface area (Å²) >= 11 is 0. The molecule has 1 aromatic carbocycles. The fourth-order valence-electron chi connectivity index (χ4n) is 2.97. The lowest BCUT2D eigenvalue weighted by molar-refractivity contribution is -0.154. The Kier molecular flexibility index (Phi) is 8.03. The predicted octanol–water partition coefficient (Wildman–Crippen LogP) is 2.33. The third-order valence-corrected chi connectivity index (χ3v) is 5.68. The van der Waals surface area contributed by atoms with Crippen LogP contribution in [0.5, 0.6) is 0 Å². The molecule has 0 aliphatic carbocycles. The van der Waals surface area contributed by atoms with Gasteiger partial charge in [-0.25, -0.2) is 17.9 Å². The van der Waals surface area contributed by atoms with E-state index in [4.69, 9.17) is 4.74 Å². The van der Waals surface area contributed by atoms with Gasteiger partial charge in [-0.05, 0) is 31.2 Å². The number of unbranched alkanes of at least 4 members (excludes halogenated alkanes) is 1. The van der Waals surface area contributed by atoms with Gasteiger partial charge in [-0.3, -0.25) is 4.79 Å². The van der Waals surface area contributed by atoms with Gasteiger partial charge in [0.1, 0.15) is 12.6 Å². The zero-order valence-corrected chi connectivity index (χ0v) is 16.5. The van der Waals surface area contributed by atoms with Gasteiger partial charge in [-0.2, -0.15) is 13.2 Å². The maximum atomic E-state index is 12.4. The molecule has 0 spiro atoms. The standard InChI is InChI=1S/C18H23F3N2O5S/c19-18(20,21)29(26,27)22-11-5-4-10-16(24)23-12-6-9-15(23)17(25)28-13-14-7-2-1-3-8-14/h1-3,7-8,15,22H,4-6,9-13H2/t15-/m1/s1. The van der Waals surface area contributed by atoms with Crippen molar-refractivity contribution in [1.82, 2.24) is 9.62 Å². The van der Waals surface area contributed by atoms with Crippen LogP contribution in [-0.2, 0) is 31.0 Å². The first-order chi connectivity index (χ1) is 13.6. The Bertz CT molecular complexity index is 799. The van der Waals surface area contributed by atoms with E-state index < -0.39 is 34.1 Å². The van der Waals surface area contributed by atoms with E-state index in [1.807, 2.05) is 30.3 Å². The molecule has 29 heavy (non-hydrogen) atoms. The van der Waals surface area contributed by atoms with Crippen molar-refractivity contribution in [1.29, 1.82) is 0 Å². The highest BCUT2D eigenvalue weighted by atomic mass is 32.2. The maximum Gasteiger partial charge on any atom is 0.511 e. The summed E-state index contributed by atoms with van der Waals surface area (Å²) in [4.78, 5) is 26.1. The number of esters is 1. The molecule has 2 rings (SSSR count). The highest BCUT2D eigenvalue weighted by Gasteiger charge is 2.45. The normalized spacial score (nSPS) is 17.3. The summed E-state index contributed by atoms with van der Waals surface area (Å²) < 4.78 is 65.1. The molecule has 162 valence electrons. The fourth-order valence-corrected chi connectivity index (χ4v) is 3.55. The van der Waals surface area contributed by atoms with Crippen LogP contribution in [0.4, 0.5) is 13.2 Å². The Morgan fingerprint density at radius 1 is 1.17 bits per heavy atom. The maximum absolute atomic E-state index is 12.4. The summed E-state index contributed by atoms with van der Waals surface area (Å²) in [6, 6.07) is 8.45. The lowest BCUT2D eigenvalue weighted by Gasteiger charge is -2.23. The van der Waals surface area contributed by atoms with Crippen molar-refractivity contribution >= 4 is 21.9 Å². The number of benzene rings is 1. The highest BCUT2D eigenvalue weighted by Crippen LogP contribution is 2.22. The van der Waals surface area contributed by atoms with Crippen LogP contribution in [0.3, 0.4) is 0 Å². The zero-order valence-electron chi connectivity index (χ0n) is 15.7. The molecule has 1 aliphatic rings. The molecule has 1 heterocycles. The number of sulfonamides is 1. The lowest BCUT2D eigenvalue weighted by Crippen LogP contribution is -2.41. The van der Waals surface area contributed by atoms with Crippen molar-refractivity contribution in [3.05, 3.63) is 35.9 Å². The molecule has 0 unspecified atom stereocenters. The summed E-state index contributed by atoms with van der Waals surface area (Å²) in [7, 11) is -5.37. The van der Waals surface area contributed by atoms with E-state index in [1.54, 1.807) is 0 Å². The second kappa shape index (κ2) is 10.1. The van der Waals surface area contributed by atoms with Gasteiger partial charge >= 0.3 is 21.5 Å². The van der Waals surface area contributed by atoms with Gasteiger partial charge in [0.2, 0.25) is 5.91 Å². The summed E-state index contributed by atoms with van der Waals surface area (Å²) in [5.41, 5.74) is -4.52. The van der Waals surface area contributed by atoms with Crippen LogP contribution in [0.15, 0.2) is 30.3 Å². The summed E-state index contributed by atoms with van der Waals surface area (Å²) in [5, 5.41) is 0. The molecular formula is C18H23F3N2O5S. The van der Waals surface area contributed by atoms with E-state index in [-0.39, 0.29) is 31.8 Å². The molecule has 0 bridgehead atoms. The van der Waals surface area contributed by atoms with Crippen molar-refractivity contribution in [2.75, 3.05) is 13.1 Å². The smallest absolute Gasteiger partial charge is 0.459 e. The molecule has 1 saturated heterocycles.